The number of ether oxygens (including phenoxy) is 1. The fourth-order valence-corrected chi connectivity index (χ4v) is 6.61. The summed E-state index contributed by atoms with van der Waals surface area (Å²) >= 11 is 0. The molecule has 2 atom stereocenters. The van der Waals surface area contributed by atoms with E-state index in [-0.39, 0.29) is 5.82 Å². The highest BCUT2D eigenvalue weighted by atomic mass is 19.1. The third-order valence-electron chi connectivity index (χ3n) is 8.06. The molecule has 1 aliphatic carbocycles. The molecule has 0 radical (unpaired) electrons. The molecule has 8 heteroatoms. The van der Waals surface area contributed by atoms with E-state index in [0.717, 1.165) is 43.4 Å². The number of aromatic nitrogens is 3. The van der Waals surface area contributed by atoms with Crippen LogP contribution in [-0.4, -0.2) is 75.0 Å². The molecule has 34 heavy (non-hydrogen) atoms. The van der Waals surface area contributed by atoms with Crippen molar-refractivity contribution in [2.45, 2.75) is 51.1 Å². The largest absolute Gasteiger partial charge is 0.480 e. The van der Waals surface area contributed by atoms with Gasteiger partial charge in [0.2, 0.25) is 0 Å². The Kier molecular flexibility index (Phi) is 5.26. The first-order chi connectivity index (χ1) is 16.5. The standard InChI is InChI=1S/C26H32FN6O/c1-3-34-18(2)32-16-26(17-32)7-6-20(11-26)33-21-4-5-22(33)15-31(14-21)25-23(10-19(27)12-30-25)24-13-28-8-9-29-24/h8-10,12-13,21-22H,2-7,11,14-17H2,1H3/q+1/t21-,22?/m1/s1. The minimum Gasteiger partial charge on any atom is -0.480 e. The van der Waals surface area contributed by atoms with Crippen molar-refractivity contribution in [1.29, 1.82) is 0 Å². The van der Waals surface area contributed by atoms with Gasteiger partial charge in [-0.15, -0.1) is 0 Å². The van der Waals surface area contributed by atoms with Gasteiger partial charge in [-0.2, -0.15) is 0 Å². The van der Waals surface area contributed by atoms with Crippen molar-refractivity contribution in [3.63, 3.8) is 0 Å². The lowest BCUT2D eigenvalue weighted by Crippen LogP contribution is -2.55. The summed E-state index contributed by atoms with van der Waals surface area (Å²) in [7, 11) is 0. The summed E-state index contributed by atoms with van der Waals surface area (Å²) in [6.07, 6.45) is 12.3. The molecular weight excluding hydrogens is 431 g/mol. The molecule has 7 nitrogen and oxygen atoms in total. The van der Waals surface area contributed by atoms with E-state index in [9.17, 15) is 4.39 Å². The van der Waals surface area contributed by atoms with Gasteiger partial charge in [-0.05, 0) is 26.0 Å². The second-order valence-corrected chi connectivity index (χ2v) is 10.2. The molecule has 3 aliphatic heterocycles. The molecule has 2 aromatic heterocycles. The quantitative estimate of drug-likeness (QED) is 0.500. The van der Waals surface area contributed by atoms with Crippen LogP contribution in [0.4, 0.5) is 10.2 Å². The van der Waals surface area contributed by atoms with Crippen molar-refractivity contribution in [2.75, 3.05) is 37.7 Å². The van der Waals surface area contributed by atoms with Gasteiger partial charge >= 0.3 is 0 Å². The number of fused-ring (bicyclic) bond motifs is 2. The highest BCUT2D eigenvalue weighted by Crippen LogP contribution is 2.46. The smallest absolute Gasteiger partial charge is 0.181 e. The van der Waals surface area contributed by atoms with Crippen LogP contribution in [0.1, 0.15) is 39.0 Å². The molecule has 4 fully saturated rings. The Morgan fingerprint density at radius 2 is 2.00 bits per heavy atom. The minimum atomic E-state index is -0.348. The predicted octanol–water partition coefficient (Wildman–Crippen LogP) is 3.48. The van der Waals surface area contributed by atoms with Gasteiger partial charge in [0.1, 0.15) is 11.6 Å². The number of likely N-dealkylation sites (tertiary alicyclic amines) is 1. The van der Waals surface area contributed by atoms with Crippen LogP contribution in [0.5, 0.6) is 0 Å². The Bertz CT molecular complexity index is 1110. The zero-order valence-corrected chi connectivity index (χ0v) is 19.8. The SMILES string of the molecule is C=C(OCC)N1CC2(CCC(=[N+]3C4CC[C@@H]3CN(c3ncc(F)cc3-c3cnccn3)C4)C2)C1. The van der Waals surface area contributed by atoms with Gasteiger partial charge in [0.25, 0.3) is 0 Å². The zero-order chi connectivity index (χ0) is 23.3. The number of hydrogen-bond acceptors (Lipinski definition) is 6. The average molecular weight is 464 g/mol. The van der Waals surface area contributed by atoms with Crippen LogP contribution < -0.4 is 4.90 Å². The van der Waals surface area contributed by atoms with Gasteiger partial charge in [0, 0.05) is 62.1 Å². The van der Waals surface area contributed by atoms with Crippen LogP contribution in [0.3, 0.4) is 0 Å². The lowest BCUT2D eigenvalue weighted by molar-refractivity contribution is -0.582. The molecule has 5 heterocycles. The molecule has 1 spiro atoms. The van der Waals surface area contributed by atoms with Crippen molar-refractivity contribution in [3.8, 4) is 11.3 Å². The number of rotatable bonds is 5. The van der Waals surface area contributed by atoms with E-state index in [0.29, 0.717) is 29.8 Å². The second kappa shape index (κ2) is 8.32. The van der Waals surface area contributed by atoms with Crippen LogP contribution in [0, 0.1) is 11.2 Å². The molecule has 0 aromatic carbocycles. The van der Waals surface area contributed by atoms with Gasteiger partial charge in [0.15, 0.2) is 23.7 Å². The predicted molar refractivity (Wildman–Crippen MR) is 128 cm³/mol. The average Bonchev–Trinajstić information content (AvgIpc) is 3.37. The summed E-state index contributed by atoms with van der Waals surface area (Å²) in [4.78, 5) is 17.7. The summed E-state index contributed by atoms with van der Waals surface area (Å²) in [6, 6.07) is 2.51. The summed E-state index contributed by atoms with van der Waals surface area (Å²) in [5.41, 5.74) is 3.41. The van der Waals surface area contributed by atoms with E-state index in [4.69, 9.17) is 4.74 Å². The summed E-state index contributed by atoms with van der Waals surface area (Å²) in [5.74, 6) is 1.29. The maximum atomic E-state index is 14.1. The van der Waals surface area contributed by atoms with Crippen LogP contribution in [-0.2, 0) is 4.74 Å². The second-order valence-electron chi connectivity index (χ2n) is 10.2. The van der Waals surface area contributed by atoms with Crippen molar-refractivity contribution in [1.82, 2.24) is 19.9 Å². The third-order valence-corrected chi connectivity index (χ3v) is 8.06. The highest BCUT2D eigenvalue weighted by Gasteiger charge is 2.53. The Hall–Kier alpha value is -3.03. The minimum absolute atomic E-state index is 0.348. The lowest BCUT2D eigenvalue weighted by atomic mass is 9.78. The van der Waals surface area contributed by atoms with Crippen molar-refractivity contribution in [3.05, 3.63) is 49.1 Å². The van der Waals surface area contributed by atoms with Crippen LogP contribution in [0.2, 0.25) is 0 Å². The number of halogens is 1. The highest BCUT2D eigenvalue weighted by molar-refractivity contribution is 5.83. The van der Waals surface area contributed by atoms with Crippen LogP contribution in [0.15, 0.2) is 43.3 Å². The van der Waals surface area contributed by atoms with Crippen LogP contribution >= 0.6 is 0 Å². The Morgan fingerprint density at radius 3 is 2.71 bits per heavy atom. The fourth-order valence-electron chi connectivity index (χ4n) is 6.61. The topological polar surface area (TPSA) is 57.4 Å². The van der Waals surface area contributed by atoms with Crippen molar-refractivity contribution in [2.24, 2.45) is 5.41 Å². The maximum Gasteiger partial charge on any atom is 0.181 e. The third kappa shape index (κ3) is 3.63. The molecule has 3 saturated heterocycles. The monoisotopic (exact) mass is 463 g/mol. The van der Waals surface area contributed by atoms with Gasteiger partial charge in [-0.3, -0.25) is 9.97 Å². The van der Waals surface area contributed by atoms with E-state index in [1.807, 2.05) is 6.92 Å². The van der Waals surface area contributed by atoms with E-state index in [2.05, 4.69) is 35.9 Å². The van der Waals surface area contributed by atoms with Gasteiger partial charge in [-0.25, -0.2) is 13.9 Å². The number of nitrogens with zero attached hydrogens (tertiary/aromatic N) is 6. The summed E-state index contributed by atoms with van der Waals surface area (Å²) in [6.45, 7) is 10.7. The molecule has 4 aliphatic rings. The fraction of sp³-hybridized carbons (Fsp3) is 0.538. The van der Waals surface area contributed by atoms with Crippen LogP contribution in [0.25, 0.3) is 11.3 Å². The van der Waals surface area contributed by atoms with E-state index >= 15 is 0 Å². The molecule has 2 bridgehead atoms. The Morgan fingerprint density at radius 1 is 1.21 bits per heavy atom. The molecule has 1 saturated carbocycles. The van der Waals surface area contributed by atoms with Gasteiger partial charge in [-0.1, -0.05) is 0 Å². The molecule has 0 amide bonds. The Balaban J connectivity index is 1.21. The van der Waals surface area contributed by atoms with E-state index in [1.54, 1.807) is 24.3 Å². The normalized spacial score (nSPS) is 27.2. The maximum absolute atomic E-state index is 14.1. The molecular formula is C26H32FN6O+. The van der Waals surface area contributed by atoms with Crippen molar-refractivity contribution >= 4 is 11.5 Å². The number of piperazine rings is 1. The molecule has 0 N–H and O–H groups in total. The number of anilines is 1. The number of hydrogen-bond donors (Lipinski definition) is 0. The first-order valence-electron chi connectivity index (χ1n) is 12.4. The number of pyridine rings is 1. The van der Waals surface area contributed by atoms with Gasteiger partial charge in [0.05, 0.1) is 37.8 Å². The molecule has 1 unspecified atom stereocenters. The summed E-state index contributed by atoms with van der Waals surface area (Å²) < 4.78 is 22.5. The Labute approximate surface area is 200 Å². The molecule has 178 valence electrons. The van der Waals surface area contributed by atoms with Crippen molar-refractivity contribution < 1.29 is 13.7 Å². The van der Waals surface area contributed by atoms with Gasteiger partial charge < -0.3 is 14.5 Å². The lowest BCUT2D eigenvalue weighted by Gasteiger charge is -2.49. The molecule has 6 rings (SSSR count). The molecule has 2 aromatic rings. The van der Waals surface area contributed by atoms with E-state index in [1.165, 1.54) is 44.4 Å². The first kappa shape index (κ1) is 21.5. The van der Waals surface area contributed by atoms with E-state index < -0.39 is 0 Å². The summed E-state index contributed by atoms with van der Waals surface area (Å²) in [5, 5.41) is 0. The first-order valence-corrected chi connectivity index (χ1v) is 12.4. The zero-order valence-electron chi connectivity index (χ0n) is 19.8.